The van der Waals surface area contributed by atoms with E-state index >= 15 is 0 Å². The number of aryl methyl sites for hydroxylation is 1. The van der Waals surface area contributed by atoms with Crippen molar-refractivity contribution in [2.24, 2.45) is 0 Å². The molecule has 0 unspecified atom stereocenters. The van der Waals surface area contributed by atoms with Gasteiger partial charge >= 0.3 is 0 Å². The molecule has 3 nitrogen and oxygen atoms in total. The Morgan fingerprint density at radius 1 is 1.46 bits per heavy atom. The van der Waals surface area contributed by atoms with Gasteiger partial charge in [0.1, 0.15) is 17.7 Å². The highest BCUT2D eigenvalue weighted by atomic mass is 35.5. The number of hydrogen-bond acceptors (Lipinski definition) is 3. The van der Waals surface area contributed by atoms with Gasteiger partial charge in [-0.15, -0.1) is 11.6 Å². The zero-order valence-corrected chi connectivity index (χ0v) is 7.84. The highest BCUT2D eigenvalue weighted by Gasteiger charge is 2.11. The second-order valence-corrected chi connectivity index (χ2v) is 2.98. The van der Waals surface area contributed by atoms with E-state index in [1.807, 2.05) is 13.0 Å². The van der Waals surface area contributed by atoms with E-state index in [1.165, 1.54) is 6.39 Å². The van der Waals surface area contributed by atoms with Crippen molar-refractivity contribution in [3.8, 4) is 11.3 Å². The van der Waals surface area contributed by atoms with Crippen molar-refractivity contribution in [3.63, 3.8) is 0 Å². The van der Waals surface area contributed by atoms with Gasteiger partial charge in [-0.05, 0) is 13.0 Å². The molecule has 2 rings (SSSR count). The highest BCUT2D eigenvalue weighted by molar-refractivity contribution is 6.17. The minimum absolute atomic E-state index is 0.343. The van der Waals surface area contributed by atoms with E-state index in [2.05, 4.69) is 4.98 Å². The number of nitrogens with zero attached hydrogens (tertiary/aromatic N) is 1. The molecule has 13 heavy (non-hydrogen) atoms. The Hall–Kier alpha value is -1.22. The van der Waals surface area contributed by atoms with Crippen LogP contribution in [0.5, 0.6) is 0 Å². The van der Waals surface area contributed by atoms with Crippen LogP contribution in [0.3, 0.4) is 0 Å². The predicted octanol–water partition coefficient (Wildman–Crippen LogP) is 2.98. The predicted molar refractivity (Wildman–Crippen MR) is 48.5 cm³/mol. The van der Waals surface area contributed by atoms with Gasteiger partial charge in [-0.25, -0.2) is 4.98 Å². The van der Waals surface area contributed by atoms with Crippen molar-refractivity contribution >= 4 is 11.6 Å². The molecule has 0 spiro atoms. The molecule has 0 N–H and O–H groups in total. The average molecular weight is 198 g/mol. The van der Waals surface area contributed by atoms with E-state index in [9.17, 15) is 0 Å². The van der Waals surface area contributed by atoms with E-state index in [4.69, 9.17) is 20.4 Å². The van der Waals surface area contributed by atoms with Gasteiger partial charge in [-0.2, -0.15) is 0 Å². The maximum Gasteiger partial charge on any atom is 0.181 e. The van der Waals surface area contributed by atoms with Crippen LogP contribution in [0.1, 0.15) is 11.5 Å². The fourth-order valence-corrected chi connectivity index (χ4v) is 1.35. The van der Waals surface area contributed by atoms with Crippen LogP contribution in [-0.2, 0) is 5.88 Å². The summed E-state index contributed by atoms with van der Waals surface area (Å²) in [5.41, 5.74) is 1.62. The maximum atomic E-state index is 5.68. The fraction of sp³-hybridized carbons (Fsp3) is 0.222. The van der Waals surface area contributed by atoms with Crippen LogP contribution in [0.25, 0.3) is 11.3 Å². The van der Waals surface area contributed by atoms with Crippen molar-refractivity contribution < 1.29 is 8.83 Å². The summed E-state index contributed by atoms with van der Waals surface area (Å²) in [6, 6.07) is 1.89. The third-order valence-electron chi connectivity index (χ3n) is 1.76. The van der Waals surface area contributed by atoms with Crippen LogP contribution in [-0.4, -0.2) is 4.98 Å². The molecule has 0 aliphatic heterocycles. The molecule has 2 heterocycles. The standard InChI is InChI=1S/C9H8ClNO2/c1-6-2-7(4-12-6)9-8(3-10)11-5-13-9/h2,4-5H,3H2,1H3. The van der Waals surface area contributed by atoms with Crippen molar-refractivity contribution in [1.29, 1.82) is 0 Å². The minimum atomic E-state index is 0.343. The van der Waals surface area contributed by atoms with Gasteiger partial charge in [0, 0.05) is 0 Å². The maximum absolute atomic E-state index is 5.68. The van der Waals surface area contributed by atoms with E-state index in [0.717, 1.165) is 17.0 Å². The molecule has 2 aromatic rings. The number of alkyl halides is 1. The van der Waals surface area contributed by atoms with Crippen LogP contribution >= 0.6 is 11.6 Å². The number of rotatable bonds is 2. The van der Waals surface area contributed by atoms with Crippen LogP contribution in [0, 0.1) is 6.92 Å². The molecule has 0 radical (unpaired) electrons. The average Bonchev–Trinajstić information content (AvgIpc) is 2.71. The fourth-order valence-electron chi connectivity index (χ4n) is 1.16. The largest absolute Gasteiger partial charge is 0.469 e. The number of oxazole rings is 1. The Morgan fingerprint density at radius 3 is 2.92 bits per heavy atom. The van der Waals surface area contributed by atoms with Crippen molar-refractivity contribution in [1.82, 2.24) is 4.98 Å². The number of aromatic nitrogens is 1. The Labute approximate surface area is 80.3 Å². The molecule has 2 aromatic heterocycles. The van der Waals surface area contributed by atoms with E-state index in [1.54, 1.807) is 6.26 Å². The zero-order chi connectivity index (χ0) is 9.26. The Morgan fingerprint density at radius 2 is 2.31 bits per heavy atom. The van der Waals surface area contributed by atoms with E-state index < -0.39 is 0 Å². The second kappa shape index (κ2) is 3.26. The van der Waals surface area contributed by atoms with Crippen molar-refractivity contribution in [2.75, 3.05) is 0 Å². The number of furan rings is 1. The monoisotopic (exact) mass is 197 g/mol. The summed E-state index contributed by atoms with van der Waals surface area (Å²) in [6.07, 6.45) is 3.02. The summed E-state index contributed by atoms with van der Waals surface area (Å²) in [6.45, 7) is 1.88. The molecular formula is C9H8ClNO2. The lowest BCUT2D eigenvalue weighted by molar-refractivity contribution is 0.531. The first-order valence-corrected chi connectivity index (χ1v) is 4.38. The molecule has 0 amide bonds. The summed E-state index contributed by atoms with van der Waals surface area (Å²) >= 11 is 5.68. The normalized spacial score (nSPS) is 10.6. The van der Waals surface area contributed by atoms with E-state index in [-0.39, 0.29) is 0 Å². The van der Waals surface area contributed by atoms with Gasteiger partial charge in [0.05, 0.1) is 11.4 Å². The van der Waals surface area contributed by atoms with E-state index in [0.29, 0.717) is 11.6 Å². The van der Waals surface area contributed by atoms with Gasteiger partial charge in [-0.3, -0.25) is 0 Å². The molecule has 68 valence electrons. The Bertz CT molecular complexity index is 405. The van der Waals surface area contributed by atoms with Crippen LogP contribution < -0.4 is 0 Å². The number of hydrogen-bond donors (Lipinski definition) is 0. The van der Waals surface area contributed by atoms with Crippen molar-refractivity contribution in [3.05, 3.63) is 30.2 Å². The van der Waals surface area contributed by atoms with Gasteiger partial charge in [-0.1, -0.05) is 0 Å². The molecule has 0 aromatic carbocycles. The quantitative estimate of drug-likeness (QED) is 0.695. The smallest absolute Gasteiger partial charge is 0.181 e. The van der Waals surface area contributed by atoms with Gasteiger partial charge < -0.3 is 8.83 Å². The van der Waals surface area contributed by atoms with Gasteiger partial charge in [0.25, 0.3) is 0 Å². The number of halogens is 1. The Kier molecular flexibility index (Phi) is 2.10. The summed E-state index contributed by atoms with van der Waals surface area (Å²) in [5, 5.41) is 0. The van der Waals surface area contributed by atoms with Gasteiger partial charge in [0.2, 0.25) is 0 Å². The summed E-state index contributed by atoms with van der Waals surface area (Å²) in [7, 11) is 0. The van der Waals surface area contributed by atoms with Crippen LogP contribution in [0.15, 0.2) is 27.6 Å². The molecule has 0 fully saturated rings. The highest BCUT2D eigenvalue weighted by Crippen LogP contribution is 2.25. The Balaban J connectivity index is 2.45. The molecule has 0 bridgehead atoms. The molecule has 0 aliphatic rings. The van der Waals surface area contributed by atoms with Crippen molar-refractivity contribution in [2.45, 2.75) is 12.8 Å². The van der Waals surface area contributed by atoms with Crippen LogP contribution in [0.4, 0.5) is 0 Å². The first-order valence-electron chi connectivity index (χ1n) is 3.85. The second-order valence-electron chi connectivity index (χ2n) is 2.71. The molecule has 0 aliphatic carbocycles. The molecule has 4 heteroatoms. The first kappa shape index (κ1) is 8.38. The lowest BCUT2D eigenvalue weighted by Crippen LogP contribution is -1.79. The summed E-state index contributed by atoms with van der Waals surface area (Å²) < 4.78 is 10.4. The first-order chi connectivity index (χ1) is 6.31. The van der Waals surface area contributed by atoms with Gasteiger partial charge in [0.15, 0.2) is 12.2 Å². The zero-order valence-electron chi connectivity index (χ0n) is 7.08. The molecule has 0 saturated heterocycles. The lowest BCUT2D eigenvalue weighted by atomic mass is 10.2. The molecule has 0 saturated carbocycles. The summed E-state index contributed by atoms with van der Waals surface area (Å²) in [5.74, 6) is 1.87. The third kappa shape index (κ3) is 1.47. The third-order valence-corrected chi connectivity index (χ3v) is 2.01. The topological polar surface area (TPSA) is 39.2 Å². The minimum Gasteiger partial charge on any atom is -0.469 e. The SMILES string of the molecule is Cc1cc(-c2ocnc2CCl)co1. The van der Waals surface area contributed by atoms with Crippen LogP contribution in [0.2, 0.25) is 0 Å². The molecular weight excluding hydrogens is 190 g/mol. The summed E-state index contributed by atoms with van der Waals surface area (Å²) in [4.78, 5) is 3.98. The molecule has 0 atom stereocenters. The lowest BCUT2D eigenvalue weighted by Gasteiger charge is -1.90.